The maximum atomic E-state index is 12.2. The summed E-state index contributed by atoms with van der Waals surface area (Å²) in [6, 6.07) is -0.288. The number of aliphatic carboxylic acids is 1. The molecule has 0 aliphatic carbocycles. The van der Waals surface area contributed by atoms with Gasteiger partial charge in [-0.15, -0.1) is 0 Å². The van der Waals surface area contributed by atoms with E-state index in [1.165, 1.54) is 4.90 Å². The number of likely N-dealkylation sites (tertiary alicyclic amines) is 1. The number of hydrogen-bond donors (Lipinski definition) is 2. The molecule has 0 aromatic rings. The number of hydrogen-bond acceptors (Lipinski definition) is 3. The molecule has 0 spiro atoms. The summed E-state index contributed by atoms with van der Waals surface area (Å²) in [7, 11) is 0. The van der Waals surface area contributed by atoms with Gasteiger partial charge in [-0.2, -0.15) is 0 Å². The van der Waals surface area contributed by atoms with E-state index >= 15 is 0 Å². The molecule has 1 unspecified atom stereocenters. The van der Waals surface area contributed by atoms with E-state index in [1.54, 1.807) is 6.92 Å². The predicted molar refractivity (Wildman–Crippen MR) is 80.3 cm³/mol. The van der Waals surface area contributed by atoms with Crippen molar-refractivity contribution in [3.05, 3.63) is 0 Å². The summed E-state index contributed by atoms with van der Waals surface area (Å²) >= 11 is 0. The minimum Gasteiger partial charge on any atom is -0.480 e. The van der Waals surface area contributed by atoms with E-state index in [4.69, 9.17) is 4.74 Å². The van der Waals surface area contributed by atoms with Crippen molar-refractivity contribution in [3.63, 3.8) is 0 Å². The number of urea groups is 1. The summed E-state index contributed by atoms with van der Waals surface area (Å²) in [6.07, 6.45) is 2.94. The lowest BCUT2D eigenvalue weighted by Gasteiger charge is -2.41. The average molecular weight is 300 g/mol. The largest absolute Gasteiger partial charge is 0.480 e. The van der Waals surface area contributed by atoms with Gasteiger partial charge >= 0.3 is 12.0 Å². The molecule has 6 heteroatoms. The van der Waals surface area contributed by atoms with Crippen molar-refractivity contribution in [1.29, 1.82) is 0 Å². The minimum atomic E-state index is -1.09. The first kappa shape index (κ1) is 17.8. The van der Waals surface area contributed by atoms with Gasteiger partial charge in [-0.25, -0.2) is 9.59 Å². The van der Waals surface area contributed by atoms with Crippen molar-refractivity contribution < 1.29 is 19.4 Å². The Kier molecular flexibility index (Phi) is 6.95. The zero-order valence-electron chi connectivity index (χ0n) is 13.4. The van der Waals surface area contributed by atoms with Crippen molar-refractivity contribution in [1.82, 2.24) is 10.2 Å². The summed E-state index contributed by atoms with van der Waals surface area (Å²) in [5.41, 5.74) is -1.09. The summed E-state index contributed by atoms with van der Waals surface area (Å²) in [5, 5.41) is 12.2. The van der Waals surface area contributed by atoms with Gasteiger partial charge in [0.25, 0.3) is 0 Å². The van der Waals surface area contributed by atoms with Gasteiger partial charge in [0.1, 0.15) is 5.54 Å². The number of carboxylic acid groups (broad SMARTS) is 1. The molecule has 1 aliphatic heterocycles. The highest BCUT2D eigenvalue weighted by Crippen LogP contribution is 2.28. The smallest absolute Gasteiger partial charge is 0.329 e. The first-order valence-corrected chi connectivity index (χ1v) is 7.74. The Morgan fingerprint density at radius 2 is 2.10 bits per heavy atom. The molecule has 0 aromatic heterocycles. The molecule has 0 aromatic carbocycles. The van der Waals surface area contributed by atoms with Crippen LogP contribution in [0.2, 0.25) is 0 Å². The van der Waals surface area contributed by atoms with Crippen LogP contribution in [0.15, 0.2) is 0 Å². The lowest BCUT2D eigenvalue weighted by molar-refractivity contribution is -0.150. The Hall–Kier alpha value is -1.30. The first-order valence-electron chi connectivity index (χ1n) is 7.74. The van der Waals surface area contributed by atoms with Crippen molar-refractivity contribution in [2.75, 3.05) is 26.3 Å². The molecular weight excluding hydrogens is 272 g/mol. The summed E-state index contributed by atoms with van der Waals surface area (Å²) < 4.78 is 5.44. The van der Waals surface area contributed by atoms with Crippen molar-refractivity contribution in [2.45, 2.75) is 52.0 Å². The number of piperidine rings is 1. The maximum Gasteiger partial charge on any atom is 0.329 e. The van der Waals surface area contributed by atoms with Gasteiger partial charge in [0.2, 0.25) is 0 Å². The van der Waals surface area contributed by atoms with Crippen molar-refractivity contribution >= 4 is 12.0 Å². The van der Waals surface area contributed by atoms with Crippen LogP contribution in [0.5, 0.6) is 0 Å². The number of rotatable bonds is 7. The second kappa shape index (κ2) is 8.22. The van der Waals surface area contributed by atoms with Crippen LogP contribution < -0.4 is 5.32 Å². The fourth-order valence-corrected chi connectivity index (χ4v) is 2.45. The minimum absolute atomic E-state index is 0.288. The third kappa shape index (κ3) is 5.19. The third-order valence-corrected chi connectivity index (χ3v) is 3.79. The Morgan fingerprint density at radius 1 is 1.38 bits per heavy atom. The summed E-state index contributed by atoms with van der Waals surface area (Å²) in [4.78, 5) is 25.1. The number of nitrogens with zero attached hydrogens (tertiary/aromatic N) is 1. The predicted octanol–water partition coefficient (Wildman–Crippen LogP) is 2.09. The number of carboxylic acids is 1. The van der Waals surface area contributed by atoms with Crippen LogP contribution in [0, 0.1) is 5.92 Å². The quantitative estimate of drug-likeness (QED) is 0.706. The molecule has 2 amide bonds. The molecule has 2 N–H and O–H groups in total. The van der Waals surface area contributed by atoms with Crippen LogP contribution in [0.4, 0.5) is 4.79 Å². The van der Waals surface area contributed by atoms with E-state index in [1.807, 2.05) is 0 Å². The highest BCUT2D eigenvalue weighted by atomic mass is 16.5. The zero-order valence-corrected chi connectivity index (χ0v) is 13.4. The van der Waals surface area contributed by atoms with Gasteiger partial charge in [-0.05, 0) is 38.5 Å². The van der Waals surface area contributed by atoms with Gasteiger partial charge in [-0.3, -0.25) is 0 Å². The number of carbonyl (C=O) groups is 2. The molecule has 1 heterocycles. The number of ether oxygens (including phenoxy) is 1. The average Bonchev–Trinajstić information content (AvgIpc) is 2.42. The van der Waals surface area contributed by atoms with Crippen LogP contribution in [-0.4, -0.2) is 53.8 Å². The van der Waals surface area contributed by atoms with Crippen LogP contribution in [-0.2, 0) is 9.53 Å². The van der Waals surface area contributed by atoms with E-state index in [2.05, 4.69) is 19.2 Å². The Balaban J connectivity index is 2.34. The summed E-state index contributed by atoms with van der Waals surface area (Å²) in [6.45, 7) is 8.13. The first-order chi connectivity index (χ1) is 9.88. The topological polar surface area (TPSA) is 78.9 Å². The third-order valence-electron chi connectivity index (χ3n) is 3.79. The Morgan fingerprint density at radius 3 is 2.71 bits per heavy atom. The highest BCUT2D eigenvalue weighted by Gasteiger charge is 2.43. The molecule has 1 saturated heterocycles. The monoisotopic (exact) mass is 300 g/mol. The molecule has 1 atom stereocenters. The molecule has 0 saturated carbocycles. The Labute approximate surface area is 126 Å². The van der Waals surface area contributed by atoms with Crippen LogP contribution >= 0.6 is 0 Å². The zero-order chi connectivity index (χ0) is 15.9. The van der Waals surface area contributed by atoms with Crippen molar-refractivity contribution in [3.8, 4) is 0 Å². The van der Waals surface area contributed by atoms with E-state index in [-0.39, 0.29) is 6.03 Å². The highest BCUT2D eigenvalue weighted by molar-refractivity contribution is 5.86. The SMILES string of the molecule is CC(C)COCCCNC(=O)N1CCCCC1(C)C(=O)O. The molecular formula is C15H28N2O4. The molecule has 1 rings (SSSR count). The molecule has 21 heavy (non-hydrogen) atoms. The second-order valence-corrected chi connectivity index (χ2v) is 6.24. The maximum absolute atomic E-state index is 12.2. The van der Waals surface area contributed by atoms with Crippen LogP contribution in [0.3, 0.4) is 0 Å². The molecule has 0 bridgehead atoms. The Bertz CT molecular complexity index is 360. The van der Waals surface area contributed by atoms with E-state index in [9.17, 15) is 14.7 Å². The van der Waals surface area contributed by atoms with Gasteiger partial charge in [0.15, 0.2) is 0 Å². The van der Waals surface area contributed by atoms with E-state index in [0.29, 0.717) is 32.0 Å². The van der Waals surface area contributed by atoms with Gasteiger partial charge in [0.05, 0.1) is 0 Å². The lowest BCUT2D eigenvalue weighted by atomic mass is 9.89. The lowest BCUT2D eigenvalue weighted by Crippen LogP contribution is -2.60. The van der Waals surface area contributed by atoms with Crippen LogP contribution in [0.1, 0.15) is 46.5 Å². The molecule has 1 aliphatic rings. The fraction of sp³-hybridized carbons (Fsp3) is 0.867. The number of nitrogens with one attached hydrogen (secondary N) is 1. The van der Waals surface area contributed by atoms with E-state index in [0.717, 1.165) is 25.9 Å². The van der Waals surface area contributed by atoms with Gasteiger partial charge in [0, 0.05) is 26.3 Å². The number of carbonyl (C=O) groups excluding carboxylic acids is 1. The normalized spacial score (nSPS) is 22.4. The standard InChI is InChI=1S/C15H28N2O4/c1-12(2)11-21-10-6-8-16-14(20)17-9-5-4-7-15(17,3)13(18)19/h12H,4-11H2,1-3H3,(H,16,20)(H,18,19). The van der Waals surface area contributed by atoms with E-state index < -0.39 is 11.5 Å². The van der Waals surface area contributed by atoms with Crippen LogP contribution in [0.25, 0.3) is 0 Å². The molecule has 6 nitrogen and oxygen atoms in total. The molecule has 1 fully saturated rings. The van der Waals surface area contributed by atoms with Gasteiger partial charge in [-0.1, -0.05) is 13.8 Å². The molecule has 0 radical (unpaired) electrons. The second-order valence-electron chi connectivity index (χ2n) is 6.24. The van der Waals surface area contributed by atoms with Gasteiger partial charge < -0.3 is 20.1 Å². The fourth-order valence-electron chi connectivity index (χ4n) is 2.45. The number of amides is 2. The molecule has 122 valence electrons. The summed E-state index contributed by atoms with van der Waals surface area (Å²) in [5.74, 6) is -0.429. The van der Waals surface area contributed by atoms with Crippen molar-refractivity contribution in [2.24, 2.45) is 5.92 Å².